The molecule has 12 atom stereocenters. The topological polar surface area (TPSA) is 482 Å². The molecule has 4 aliphatic heterocycles. The van der Waals surface area contributed by atoms with E-state index in [0.29, 0.717) is 24.1 Å². The molecule has 0 spiro atoms. The van der Waals surface area contributed by atoms with Crippen LogP contribution in [0.4, 0.5) is 0 Å². The van der Waals surface area contributed by atoms with Crippen LogP contribution in [-0.4, -0.2) is 230 Å². The molecule has 0 unspecified atom stereocenters. The highest BCUT2D eigenvalue weighted by molar-refractivity contribution is 8.77. The lowest BCUT2D eigenvalue weighted by atomic mass is 10.0. The summed E-state index contributed by atoms with van der Waals surface area (Å²) in [5.41, 5.74) is 6.76. The molecule has 4 aliphatic rings. The Bertz CT molecular complexity index is 3030. The molecule has 6 rings (SSSR count). The van der Waals surface area contributed by atoms with Crippen molar-refractivity contribution in [3.63, 3.8) is 0 Å². The fourth-order valence-corrected chi connectivity index (χ4v) is 15.0. The van der Waals surface area contributed by atoms with Gasteiger partial charge in [0.2, 0.25) is 76.8 Å². The van der Waals surface area contributed by atoms with Gasteiger partial charge in [-0.1, -0.05) is 101 Å². The summed E-state index contributed by atoms with van der Waals surface area (Å²) in [6.45, 7) is 5.36. The number of nitrogens with two attached hydrogens (primary N) is 1. The van der Waals surface area contributed by atoms with Crippen molar-refractivity contribution in [2.75, 3.05) is 49.2 Å². The summed E-state index contributed by atoms with van der Waals surface area (Å²) < 4.78 is 0. The number of nitrogens with zero attached hydrogens (tertiary/aromatic N) is 2. The quantitative estimate of drug-likeness (QED) is 0.0496. The molecule has 13 amide bonds. The molecule has 32 nitrogen and oxygen atoms in total. The predicted octanol–water partition coefficient (Wildman–Crippen LogP) is -4.26. The monoisotopic (exact) mass is 1390 g/mol. The summed E-state index contributed by atoms with van der Waals surface area (Å²) in [4.78, 5) is 204. The number of aliphatic hydroxyl groups is 1. The number of nitrogens with one attached hydrogen (secondary N) is 13. The Morgan fingerprint density at radius 1 is 0.681 bits per heavy atom. The molecule has 1 aromatic carbocycles. The van der Waals surface area contributed by atoms with E-state index in [1.165, 1.54) is 12.5 Å². The van der Waals surface area contributed by atoms with Crippen molar-refractivity contribution in [2.45, 2.75) is 158 Å². The maximum absolute atomic E-state index is 15.0. The average Bonchev–Trinajstić information content (AvgIpc) is 1.63. The number of aliphatic carboxylic acids is 1. The standard InChI is InChI=1S/C58H84N16O16S4/c1-29(2)18-35-51(82)70-39-25-92-91-24-38(49(80)62-22-44(77)65-36(19-31-10-6-5-7-11-31)52(83)66-33(50(81)67-35)12-8-9-16-59)69-54(85)40(71-55(86)46(30(3)4)73-45(78)23-61-48(79)34-13-14-43(76)64-34)26-93-94-27-41(58(89)90)72-56(87)47-42(75)15-17-74(47)57(88)37(68-53(39)84)20-32-21-60-28-63-32/h5-7,10-11,21,28-30,33-42,46-47,75H,8-9,12-20,22-27,59H2,1-4H3,(H,60,63)(H,61,79)(H,62,80)(H,64,76)(H,65,77)(H,66,83)(H,67,81)(H,68,84)(H,69,85)(H,70,82)(H,71,86)(H,72,87)(H,73,78)(H,89,90)/t33-,34-,35-,36-,37-,38-,39-,40-,41-,42-,46-,47-/m0/s1. The first-order valence-corrected chi connectivity index (χ1v) is 35.8. The first-order chi connectivity index (χ1) is 44.8. The number of rotatable bonds is 18. The summed E-state index contributed by atoms with van der Waals surface area (Å²) in [5, 5.41) is 52.8. The third-order valence-corrected chi connectivity index (χ3v) is 20.3. The SMILES string of the molecule is CC(C)C[C@@H]1NC(=O)[C@H](CCCCN)NC(=O)[C@H](Cc2ccccc2)NC(=O)CNC(=O)[C@@H]2CSSC[C@H](NC1=O)C(=O)N[C@@H](Cc1cnc[nH]1)C(=O)N1CC[C@H](O)[C@H]1C(=O)N[C@H](C(=O)O)CSSC[C@H](NC(=O)[C@@H](NC(=O)CNC(=O)[C@@H]1CCC(=O)N1)C(C)C)C(=O)N2. The molecular weight excluding hydrogens is 1310 g/mol. The highest BCUT2D eigenvalue weighted by Crippen LogP contribution is 2.27. The van der Waals surface area contributed by atoms with E-state index < -0.39 is 174 Å². The van der Waals surface area contributed by atoms with Gasteiger partial charge in [-0.2, -0.15) is 0 Å². The molecule has 94 heavy (non-hydrogen) atoms. The third-order valence-electron chi connectivity index (χ3n) is 15.4. The van der Waals surface area contributed by atoms with E-state index in [1.807, 2.05) is 0 Å². The van der Waals surface area contributed by atoms with Crippen molar-refractivity contribution in [3.05, 3.63) is 54.1 Å². The number of hydrogen-bond donors (Lipinski definition) is 16. The average molecular weight is 1390 g/mol. The maximum atomic E-state index is 15.0. The second-order valence-electron chi connectivity index (χ2n) is 23.6. The van der Waals surface area contributed by atoms with Crippen LogP contribution in [0.2, 0.25) is 0 Å². The molecule has 36 heteroatoms. The maximum Gasteiger partial charge on any atom is 0.327 e. The van der Waals surface area contributed by atoms with Crippen LogP contribution in [0.15, 0.2) is 42.9 Å². The first kappa shape index (κ1) is 75.4. The predicted molar refractivity (Wildman–Crippen MR) is 348 cm³/mol. The number of aromatic amines is 1. The molecule has 5 heterocycles. The van der Waals surface area contributed by atoms with Crippen molar-refractivity contribution < 1.29 is 77.3 Å². The number of carbonyl (C=O) groups is 14. The number of amides is 13. The van der Waals surface area contributed by atoms with Crippen LogP contribution in [0.5, 0.6) is 0 Å². The van der Waals surface area contributed by atoms with E-state index in [-0.39, 0.29) is 87.1 Å². The van der Waals surface area contributed by atoms with Crippen LogP contribution >= 0.6 is 43.2 Å². The van der Waals surface area contributed by atoms with Gasteiger partial charge in [-0.25, -0.2) is 9.78 Å². The van der Waals surface area contributed by atoms with Crippen LogP contribution in [-0.2, 0) is 80.0 Å². The van der Waals surface area contributed by atoms with Crippen molar-refractivity contribution in [2.24, 2.45) is 17.6 Å². The lowest BCUT2D eigenvalue weighted by Gasteiger charge is -2.31. The Labute approximate surface area is 558 Å². The molecule has 4 saturated heterocycles. The minimum absolute atomic E-state index is 0.000804. The van der Waals surface area contributed by atoms with Crippen LogP contribution in [0.1, 0.15) is 83.9 Å². The molecule has 2 aromatic rings. The van der Waals surface area contributed by atoms with Crippen molar-refractivity contribution in [1.29, 1.82) is 0 Å². The first-order valence-electron chi connectivity index (χ1n) is 30.8. The zero-order chi connectivity index (χ0) is 68.6. The fourth-order valence-electron chi connectivity index (χ4n) is 10.3. The molecule has 0 saturated carbocycles. The molecule has 2 bridgehead atoms. The van der Waals surface area contributed by atoms with Gasteiger partial charge >= 0.3 is 5.97 Å². The number of carboxylic acids is 1. The van der Waals surface area contributed by atoms with Gasteiger partial charge in [0.25, 0.3) is 0 Å². The lowest BCUT2D eigenvalue weighted by Crippen LogP contribution is -2.61. The summed E-state index contributed by atoms with van der Waals surface area (Å²) >= 11 is 0. The van der Waals surface area contributed by atoms with E-state index in [9.17, 15) is 77.3 Å². The fraction of sp³-hybridized carbons (Fsp3) is 0.603. The highest BCUT2D eigenvalue weighted by Gasteiger charge is 2.45. The number of aromatic nitrogens is 2. The second-order valence-corrected chi connectivity index (χ2v) is 28.7. The van der Waals surface area contributed by atoms with E-state index in [1.54, 1.807) is 58.0 Å². The summed E-state index contributed by atoms with van der Waals surface area (Å²) in [7, 11) is 3.53. The molecule has 4 fully saturated rings. The zero-order valence-electron chi connectivity index (χ0n) is 52.4. The minimum atomic E-state index is -1.70. The number of aliphatic hydroxyl groups excluding tert-OH is 1. The Morgan fingerprint density at radius 2 is 1.33 bits per heavy atom. The van der Waals surface area contributed by atoms with E-state index in [0.717, 1.165) is 48.1 Å². The largest absolute Gasteiger partial charge is 0.480 e. The minimum Gasteiger partial charge on any atom is -0.480 e. The van der Waals surface area contributed by atoms with Gasteiger partial charge in [0.15, 0.2) is 0 Å². The van der Waals surface area contributed by atoms with E-state index >= 15 is 0 Å². The zero-order valence-corrected chi connectivity index (χ0v) is 55.6. The van der Waals surface area contributed by atoms with Gasteiger partial charge in [-0.3, -0.25) is 62.3 Å². The van der Waals surface area contributed by atoms with Crippen molar-refractivity contribution >= 4 is 126 Å². The molecular formula is C58H84N16O16S4. The smallest absolute Gasteiger partial charge is 0.327 e. The van der Waals surface area contributed by atoms with Crippen LogP contribution in [0, 0.1) is 11.8 Å². The van der Waals surface area contributed by atoms with Crippen LogP contribution < -0.4 is 69.5 Å². The van der Waals surface area contributed by atoms with Gasteiger partial charge in [0.1, 0.15) is 66.5 Å². The van der Waals surface area contributed by atoms with E-state index in [2.05, 4.69) is 73.8 Å². The molecule has 1 aromatic heterocycles. The Kier molecular flexibility index (Phi) is 30.0. The van der Waals surface area contributed by atoms with Gasteiger partial charge in [-0.05, 0) is 62.5 Å². The normalized spacial score (nSPS) is 26.6. The van der Waals surface area contributed by atoms with Gasteiger partial charge in [-0.15, -0.1) is 0 Å². The molecule has 516 valence electrons. The van der Waals surface area contributed by atoms with Gasteiger partial charge in [0.05, 0.1) is 25.5 Å². The number of benzene rings is 1. The summed E-state index contributed by atoms with van der Waals surface area (Å²) in [5.74, 6) is -14.9. The summed E-state index contributed by atoms with van der Waals surface area (Å²) in [6.07, 6.45) is 1.80. The second kappa shape index (κ2) is 37.4. The van der Waals surface area contributed by atoms with Crippen LogP contribution in [0.3, 0.4) is 0 Å². The van der Waals surface area contributed by atoms with Crippen molar-refractivity contribution in [1.82, 2.24) is 78.7 Å². The van der Waals surface area contributed by atoms with Gasteiger partial charge in [0, 0.05) is 60.7 Å². The number of carbonyl (C=O) groups excluding carboxylic acids is 13. The lowest BCUT2D eigenvalue weighted by molar-refractivity contribution is -0.146. The van der Waals surface area contributed by atoms with Crippen molar-refractivity contribution in [3.8, 4) is 0 Å². The molecule has 0 aliphatic carbocycles. The third kappa shape index (κ3) is 23.4. The van der Waals surface area contributed by atoms with E-state index in [4.69, 9.17) is 5.73 Å². The number of imidazole rings is 1. The molecule has 17 N–H and O–H groups in total. The van der Waals surface area contributed by atoms with Crippen LogP contribution in [0.25, 0.3) is 0 Å². The highest BCUT2D eigenvalue weighted by atomic mass is 33.1. The molecule has 0 radical (unpaired) electrons. The number of fused-ring (bicyclic) bond motifs is 6. The number of carboxylic acid groups (broad SMARTS) is 1. The Morgan fingerprint density at radius 3 is 1.98 bits per heavy atom. The van der Waals surface area contributed by atoms with Gasteiger partial charge < -0.3 is 89.6 Å². The Balaban J connectivity index is 1.40. The Hall–Kier alpha value is -7.67. The number of H-pyrrole nitrogens is 1. The summed E-state index contributed by atoms with van der Waals surface area (Å²) in [6, 6.07) is -7.39. The number of unbranched alkanes of at least 4 members (excludes halogenated alkanes) is 1. The number of hydrogen-bond acceptors (Lipinski definition) is 21.